The summed E-state index contributed by atoms with van der Waals surface area (Å²) in [6.07, 6.45) is -3.67. The third-order valence-corrected chi connectivity index (χ3v) is 2.79. The van der Waals surface area contributed by atoms with E-state index in [-0.39, 0.29) is 17.7 Å². The summed E-state index contributed by atoms with van der Waals surface area (Å²) >= 11 is 0. The van der Waals surface area contributed by atoms with Crippen LogP contribution in [0.15, 0.2) is 18.2 Å². The molecule has 2 N–H and O–H groups in total. The summed E-state index contributed by atoms with van der Waals surface area (Å²) in [6, 6.07) is 4.02. The van der Waals surface area contributed by atoms with Crippen LogP contribution in [0.5, 0.6) is 5.75 Å². The Balaban J connectivity index is 2.47. The zero-order chi connectivity index (χ0) is 11.9. The molecule has 1 fully saturated rings. The number of methoxy groups -OCH3 is 1. The molecule has 0 bridgehead atoms. The van der Waals surface area contributed by atoms with Gasteiger partial charge < -0.3 is 10.5 Å². The van der Waals surface area contributed by atoms with Crippen LogP contribution in [-0.2, 0) is 6.18 Å². The molecule has 1 aliphatic rings. The zero-order valence-corrected chi connectivity index (χ0v) is 8.71. The molecular formula is C11H12F3NO. The van der Waals surface area contributed by atoms with Crippen LogP contribution in [0.25, 0.3) is 0 Å². The Labute approximate surface area is 91.2 Å². The Morgan fingerprint density at radius 2 is 2.00 bits per heavy atom. The third kappa shape index (κ3) is 1.87. The molecule has 2 rings (SSSR count). The molecule has 2 atom stereocenters. The second kappa shape index (κ2) is 3.66. The van der Waals surface area contributed by atoms with Gasteiger partial charge in [0.1, 0.15) is 5.75 Å². The molecular weight excluding hydrogens is 219 g/mol. The molecule has 16 heavy (non-hydrogen) atoms. The van der Waals surface area contributed by atoms with E-state index in [0.717, 1.165) is 12.5 Å². The largest absolute Gasteiger partial charge is 0.496 e. The number of ether oxygens (including phenoxy) is 1. The number of nitrogens with two attached hydrogens (primary N) is 1. The molecule has 0 spiro atoms. The number of benzene rings is 1. The first-order chi connectivity index (χ1) is 7.45. The molecule has 0 saturated heterocycles. The average Bonchev–Trinajstić information content (AvgIpc) is 2.93. The SMILES string of the molecule is COc1c([C@@H]2C[C@H]2N)cccc1C(F)(F)F. The van der Waals surface area contributed by atoms with E-state index in [1.807, 2.05) is 0 Å². The number of rotatable bonds is 2. The van der Waals surface area contributed by atoms with Crippen molar-refractivity contribution < 1.29 is 17.9 Å². The second-order valence-corrected chi connectivity index (χ2v) is 3.93. The van der Waals surface area contributed by atoms with Crippen molar-refractivity contribution in [2.45, 2.75) is 24.6 Å². The third-order valence-electron chi connectivity index (χ3n) is 2.79. The Bertz CT molecular complexity index is 403. The van der Waals surface area contributed by atoms with Crippen molar-refractivity contribution in [2.24, 2.45) is 5.73 Å². The summed E-state index contributed by atoms with van der Waals surface area (Å²) in [7, 11) is 1.25. The number of alkyl halides is 3. The lowest BCUT2D eigenvalue weighted by Crippen LogP contribution is -2.10. The van der Waals surface area contributed by atoms with E-state index in [1.54, 1.807) is 6.07 Å². The molecule has 5 heteroatoms. The summed E-state index contributed by atoms with van der Waals surface area (Å²) < 4.78 is 42.9. The van der Waals surface area contributed by atoms with E-state index < -0.39 is 11.7 Å². The molecule has 0 aromatic heterocycles. The number of halogens is 3. The first-order valence-corrected chi connectivity index (χ1v) is 4.95. The second-order valence-electron chi connectivity index (χ2n) is 3.93. The molecule has 1 saturated carbocycles. The monoisotopic (exact) mass is 231 g/mol. The highest BCUT2D eigenvalue weighted by Crippen LogP contribution is 2.47. The van der Waals surface area contributed by atoms with Crippen molar-refractivity contribution in [3.05, 3.63) is 29.3 Å². The van der Waals surface area contributed by atoms with Crippen LogP contribution >= 0.6 is 0 Å². The van der Waals surface area contributed by atoms with Gasteiger partial charge in [-0.15, -0.1) is 0 Å². The van der Waals surface area contributed by atoms with Gasteiger partial charge in [-0.05, 0) is 18.1 Å². The molecule has 1 aromatic carbocycles. The fourth-order valence-electron chi connectivity index (χ4n) is 1.87. The van der Waals surface area contributed by atoms with E-state index in [4.69, 9.17) is 10.5 Å². The molecule has 88 valence electrons. The van der Waals surface area contributed by atoms with Crippen molar-refractivity contribution in [3.8, 4) is 5.75 Å². The van der Waals surface area contributed by atoms with Gasteiger partial charge in [0.05, 0.1) is 12.7 Å². The van der Waals surface area contributed by atoms with Crippen molar-refractivity contribution >= 4 is 0 Å². The zero-order valence-electron chi connectivity index (χ0n) is 8.71. The minimum atomic E-state index is -4.39. The predicted octanol–water partition coefficient (Wildman–Crippen LogP) is 2.53. The maximum Gasteiger partial charge on any atom is 0.419 e. The maximum atomic E-state index is 12.7. The number of hydrogen-bond acceptors (Lipinski definition) is 2. The van der Waals surface area contributed by atoms with Crippen molar-refractivity contribution in [1.82, 2.24) is 0 Å². The van der Waals surface area contributed by atoms with E-state index in [9.17, 15) is 13.2 Å². The van der Waals surface area contributed by atoms with Gasteiger partial charge in [0.2, 0.25) is 0 Å². The summed E-state index contributed by atoms with van der Waals surface area (Å²) in [5.41, 5.74) is 5.47. The number of hydrogen-bond donors (Lipinski definition) is 1. The highest BCUT2D eigenvalue weighted by Gasteiger charge is 2.41. The van der Waals surface area contributed by atoms with Crippen LogP contribution in [-0.4, -0.2) is 13.2 Å². The summed E-state index contributed by atoms with van der Waals surface area (Å²) in [6.45, 7) is 0. The highest BCUT2D eigenvalue weighted by molar-refractivity contribution is 5.47. The van der Waals surface area contributed by atoms with Gasteiger partial charge in [-0.3, -0.25) is 0 Å². The normalized spacial score (nSPS) is 24.3. The van der Waals surface area contributed by atoms with E-state index in [1.165, 1.54) is 13.2 Å². The Morgan fingerprint density at radius 3 is 2.44 bits per heavy atom. The molecule has 0 amide bonds. The first kappa shape index (κ1) is 11.3. The van der Waals surface area contributed by atoms with Crippen molar-refractivity contribution in [3.63, 3.8) is 0 Å². The molecule has 2 nitrogen and oxygen atoms in total. The van der Waals surface area contributed by atoms with Gasteiger partial charge in [-0.25, -0.2) is 0 Å². The van der Waals surface area contributed by atoms with E-state index in [2.05, 4.69) is 0 Å². The Hall–Kier alpha value is -1.23. The molecule has 1 aliphatic carbocycles. The van der Waals surface area contributed by atoms with Crippen LogP contribution in [0.2, 0.25) is 0 Å². The lowest BCUT2D eigenvalue weighted by atomic mass is 10.0. The fourth-order valence-corrected chi connectivity index (χ4v) is 1.87. The van der Waals surface area contributed by atoms with Crippen molar-refractivity contribution in [1.29, 1.82) is 0 Å². The Morgan fingerprint density at radius 1 is 1.38 bits per heavy atom. The van der Waals surface area contributed by atoms with Crippen LogP contribution in [0, 0.1) is 0 Å². The fraction of sp³-hybridized carbons (Fsp3) is 0.455. The molecule has 0 heterocycles. The topological polar surface area (TPSA) is 35.2 Å². The lowest BCUT2D eigenvalue weighted by Gasteiger charge is -2.15. The molecule has 0 radical (unpaired) electrons. The first-order valence-electron chi connectivity index (χ1n) is 4.95. The van der Waals surface area contributed by atoms with E-state index in [0.29, 0.717) is 5.56 Å². The maximum absolute atomic E-state index is 12.7. The summed E-state index contributed by atoms with van der Waals surface area (Å²) in [4.78, 5) is 0. The van der Waals surface area contributed by atoms with Gasteiger partial charge >= 0.3 is 6.18 Å². The van der Waals surface area contributed by atoms with Gasteiger partial charge in [-0.2, -0.15) is 13.2 Å². The highest BCUT2D eigenvalue weighted by atomic mass is 19.4. The molecule has 1 aromatic rings. The average molecular weight is 231 g/mol. The molecule has 0 unspecified atom stereocenters. The van der Waals surface area contributed by atoms with Gasteiger partial charge in [0.15, 0.2) is 0 Å². The van der Waals surface area contributed by atoms with Crippen LogP contribution in [0.1, 0.15) is 23.5 Å². The van der Waals surface area contributed by atoms with Crippen molar-refractivity contribution in [2.75, 3.05) is 7.11 Å². The van der Waals surface area contributed by atoms with Gasteiger partial charge in [-0.1, -0.05) is 12.1 Å². The van der Waals surface area contributed by atoms with Crippen LogP contribution < -0.4 is 10.5 Å². The van der Waals surface area contributed by atoms with E-state index >= 15 is 0 Å². The Kier molecular flexibility index (Phi) is 2.58. The lowest BCUT2D eigenvalue weighted by molar-refractivity contribution is -0.138. The van der Waals surface area contributed by atoms with Gasteiger partial charge in [0, 0.05) is 12.0 Å². The summed E-state index contributed by atoms with van der Waals surface area (Å²) in [5, 5.41) is 0. The van der Waals surface area contributed by atoms with Crippen LogP contribution in [0.4, 0.5) is 13.2 Å². The quantitative estimate of drug-likeness (QED) is 0.848. The minimum absolute atomic E-state index is 0.00255. The summed E-state index contributed by atoms with van der Waals surface area (Å²) in [5.74, 6) is -0.0924. The smallest absolute Gasteiger partial charge is 0.419 e. The predicted molar refractivity (Wildman–Crippen MR) is 53.3 cm³/mol. The van der Waals surface area contributed by atoms with Gasteiger partial charge in [0.25, 0.3) is 0 Å². The van der Waals surface area contributed by atoms with Crippen LogP contribution in [0.3, 0.4) is 0 Å². The molecule has 0 aliphatic heterocycles. The standard InChI is InChI=1S/C11H12F3NO/c1-16-10-6(7-5-9(7)15)3-2-4-8(10)11(12,13)14/h2-4,7,9H,5,15H2,1H3/t7-,9+/m0/s1. The number of para-hydroxylation sites is 1. The minimum Gasteiger partial charge on any atom is -0.496 e.